The van der Waals surface area contributed by atoms with Gasteiger partial charge < -0.3 is 10.6 Å². The quantitative estimate of drug-likeness (QED) is 0.491. The minimum absolute atomic E-state index is 0.151. The maximum atomic E-state index is 12.4. The van der Waals surface area contributed by atoms with Gasteiger partial charge in [0, 0.05) is 25.4 Å². The van der Waals surface area contributed by atoms with Crippen LogP contribution in [-0.4, -0.2) is 28.9 Å². The molecule has 2 N–H and O–H groups in total. The van der Waals surface area contributed by atoms with Gasteiger partial charge in [0.25, 0.3) is 0 Å². The van der Waals surface area contributed by atoms with E-state index in [0.717, 1.165) is 25.8 Å². The summed E-state index contributed by atoms with van der Waals surface area (Å²) in [7, 11) is 0. The Morgan fingerprint density at radius 2 is 1.78 bits per heavy atom. The van der Waals surface area contributed by atoms with Crippen LogP contribution in [0.4, 0.5) is 0 Å². The summed E-state index contributed by atoms with van der Waals surface area (Å²) in [6.07, 6.45) is 5.86. The molecule has 0 saturated heterocycles. The van der Waals surface area contributed by atoms with Crippen LogP contribution in [0, 0.1) is 5.92 Å². The van der Waals surface area contributed by atoms with E-state index in [1.807, 2.05) is 4.90 Å². The van der Waals surface area contributed by atoms with E-state index in [4.69, 9.17) is 18.0 Å². The minimum Gasteiger partial charge on any atom is -0.393 e. The van der Waals surface area contributed by atoms with E-state index >= 15 is 0 Å². The second-order valence-electron chi connectivity index (χ2n) is 4.76. The highest BCUT2D eigenvalue weighted by atomic mass is 32.1. The Bertz CT molecular complexity index is 252. The third-order valence-corrected chi connectivity index (χ3v) is 3.51. The van der Waals surface area contributed by atoms with Crippen molar-refractivity contribution < 1.29 is 4.79 Å². The van der Waals surface area contributed by atoms with Crippen LogP contribution < -0.4 is 5.73 Å². The summed E-state index contributed by atoms with van der Waals surface area (Å²) in [6.45, 7) is 7.83. The van der Waals surface area contributed by atoms with E-state index in [-0.39, 0.29) is 11.8 Å². The standard InChI is InChI=1S/C14H28N2OS/c1-4-7-8-10-16(11-9-13(15)18)14(17)12(5-2)6-3/h12H,4-11H2,1-3H3,(H2,15,18). The maximum Gasteiger partial charge on any atom is 0.225 e. The molecule has 0 aliphatic heterocycles. The molecule has 0 unspecified atom stereocenters. The molecule has 0 bridgehead atoms. The Morgan fingerprint density at radius 3 is 2.22 bits per heavy atom. The highest BCUT2D eigenvalue weighted by Crippen LogP contribution is 2.13. The average molecular weight is 272 g/mol. The van der Waals surface area contributed by atoms with E-state index in [9.17, 15) is 4.79 Å². The number of nitrogens with two attached hydrogens (primary N) is 1. The summed E-state index contributed by atoms with van der Waals surface area (Å²) < 4.78 is 0. The Hall–Kier alpha value is -0.640. The first-order valence-electron chi connectivity index (χ1n) is 7.13. The van der Waals surface area contributed by atoms with Gasteiger partial charge in [0.05, 0.1) is 4.99 Å². The predicted octanol–water partition coefficient (Wildman–Crippen LogP) is 3.12. The number of rotatable bonds is 10. The van der Waals surface area contributed by atoms with Gasteiger partial charge in [-0.05, 0) is 19.3 Å². The lowest BCUT2D eigenvalue weighted by Crippen LogP contribution is -2.38. The van der Waals surface area contributed by atoms with Gasteiger partial charge in [-0.25, -0.2) is 0 Å². The minimum atomic E-state index is 0.151. The smallest absolute Gasteiger partial charge is 0.225 e. The Kier molecular flexibility index (Phi) is 9.93. The highest BCUT2D eigenvalue weighted by Gasteiger charge is 2.20. The van der Waals surface area contributed by atoms with Crippen LogP contribution >= 0.6 is 12.2 Å². The molecule has 0 radical (unpaired) electrons. The fraction of sp³-hybridized carbons (Fsp3) is 0.857. The van der Waals surface area contributed by atoms with Gasteiger partial charge in [0.1, 0.15) is 0 Å². The zero-order valence-corrected chi connectivity index (χ0v) is 12.9. The van der Waals surface area contributed by atoms with E-state index in [1.54, 1.807) is 0 Å². The normalized spacial score (nSPS) is 10.7. The average Bonchev–Trinajstić information content (AvgIpc) is 2.34. The first-order valence-corrected chi connectivity index (χ1v) is 7.54. The Balaban J connectivity index is 4.41. The third-order valence-electron chi connectivity index (χ3n) is 3.31. The molecule has 0 saturated carbocycles. The number of hydrogen-bond donors (Lipinski definition) is 1. The third kappa shape index (κ3) is 6.94. The number of thiocarbonyl (C=S) groups is 1. The van der Waals surface area contributed by atoms with Gasteiger partial charge >= 0.3 is 0 Å². The molecule has 0 atom stereocenters. The Morgan fingerprint density at radius 1 is 1.17 bits per heavy atom. The van der Waals surface area contributed by atoms with Crippen LogP contribution in [0.3, 0.4) is 0 Å². The van der Waals surface area contributed by atoms with Crippen LogP contribution in [0.25, 0.3) is 0 Å². The first-order chi connectivity index (χ1) is 8.56. The number of unbranched alkanes of at least 4 members (excludes halogenated alkanes) is 2. The van der Waals surface area contributed by atoms with E-state index in [0.29, 0.717) is 18.0 Å². The molecule has 0 fully saturated rings. The topological polar surface area (TPSA) is 46.3 Å². The molecule has 0 spiro atoms. The molecule has 0 heterocycles. The summed E-state index contributed by atoms with van der Waals surface area (Å²) in [5.74, 6) is 0.422. The second kappa shape index (κ2) is 10.3. The van der Waals surface area contributed by atoms with Crippen molar-refractivity contribution in [3.8, 4) is 0 Å². The molecule has 0 aliphatic carbocycles. The molecule has 0 aliphatic rings. The fourth-order valence-corrected chi connectivity index (χ4v) is 2.12. The van der Waals surface area contributed by atoms with Crippen molar-refractivity contribution in [1.82, 2.24) is 4.90 Å². The van der Waals surface area contributed by atoms with Crippen molar-refractivity contribution in [2.24, 2.45) is 11.7 Å². The lowest BCUT2D eigenvalue weighted by Gasteiger charge is -2.26. The molecule has 18 heavy (non-hydrogen) atoms. The molecule has 0 aromatic heterocycles. The van der Waals surface area contributed by atoms with Crippen LogP contribution in [0.5, 0.6) is 0 Å². The van der Waals surface area contributed by atoms with Crippen molar-refractivity contribution in [1.29, 1.82) is 0 Å². The molecular formula is C14H28N2OS. The molecule has 4 heteroatoms. The summed E-state index contributed by atoms with van der Waals surface area (Å²) >= 11 is 4.90. The first kappa shape index (κ1) is 17.4. The van der Waals surface area contributed by atoms with Crippen molar-refractivity contribution >= 4 is 23.1 Å². The number of carbonyl (C=O) groups is 1. The lowest BCUT2D eigenvalue weighted by atomic mass is 10.0. The zero-order valence-electron chi connectivity index (χ0n) is 12.1. The predicted molar refractivity (Wildman–Crippen MR) is 81.6 cm³/mol. The van der Waals surface area contributed by atoms with Crippen molar-refractivity contribution in [2.75, 3.05) is 13.1 Å². The van der Waals surface area contributed by atoms with Crippen LogP contribution in [0.2, 0.25) is 0 Å². The number of carbonyl (C=O) groups excluding carboxylic acids is 1. The summed E-state index contributed by atoms with van der Waals surface area (Å²) in [4.78, 5) is 14.8. The van der Waals surface area contributed by atoms with E-state index < -0.39 is 0 Å². The van der Waals surface area contributed by atoms with Gasteiger partial charge in [0.15, 0.2) is 0 Å². The second-order valence-corrected chi connectivity index (χ2v) is 5.29. The van der Waals surface area contributed by atoms with Crippen LogP contribution in [0.1, 0.15) is 59.3 Å². The van der Waals surface area contributed by atoms with E-state index in [1.165, 1.54) is 12.8 Å². The summed E-state index contributed by atoms with van der Waals surface area (Å²) in [6, 6.07) is 0. The molecule has 0 rings (SSSR count). The molecule has 0 aromatic carbocycles. The summed E-state index contributed by atoms with van der Waals surface area (Å²) in [5, 5.41) is 0. The molecule has 106 valence electrons. The molecule has 3 nitrogen and oxygen atoms in total. The zero-order chi connectivity index (χ0) is 14.0. The highest BCUT2D eigenvalue weighted by molar-refractivity contribution is 7.80. The SMILES string of the molecule is CCCCCN(CCC(N)=S)C(=O)C(CC)CC. The van der Waals surface area contributed by atoms with Crippen LogP contribution in [-0.2, 0) is 4.79 Å². The Labute approximate surface area is 117 Å². The lowest BCUT2D eigenvalue weighted by molar-refractivity contribution is -0.135. The van der Waals surface area contributed by atoms with Crippen LogP contribution in [0.15, 0.2) is 0 Å². The van der Waals surface area contributed by atoms with Gasteiger partial charge in [-0.1, -0.05) is 45.8 Å². The molecular weight excluding hydrogens is 244 g/mol. The summed E-state index contributed by atoms with van der Waals surface area (Å²) in [5.41, 5.74) is 5.53. The fourth-order valence-electron chi connectivity index (χ4n) is 2.03. The molecule has 1 amide bonds. The van der Waals surface area contributed by atoms with Gasteiger partial charge in [-0.3, -0.25) is 4.79 Å². The van der Waals surface area contributed by atoms with Gasteiger partial charge in [-0.2, -0.15) is 0 Å². The largest absolute Gasteiger partial charge is 0.393 e. The van der Waals surface area contributed by atoms with Crippen molar-refractivity contribution in [3.63, 3.8) is 0 Å². The number of amides is 1. The van der Waals surface area contributed by atoms with Gasteiger partial charge in [-0.15, -0.1) is 0 Å². The monoisotopic (exact) mass is 272 g/mol. The van der Waals surface area contributed by atoms with Crippen molar-refractivity contribution in [2.45, 2.75) is 59.3 Å². The van der Waals surface area contributed by atoms with E-state index in [2.05, 4.69) is 20.8 Å². The number of hydrogen-bond acceptors (Lipinski definition) is 2. The van der Waals surface area contributed by atoms with Crippen molar-refractivity contribution in [3.05, 3.63) is 0 Å². The number of nitrogens with zero attached hydrogens (tertiary/aromatic N) is 1. The van der Waals surface area contributed by atoms with Gasteiger partial charge in [0.2, 0.25) is 5.91 Å². The maximum absolute atomic E-state index is 12.4. The molecule has 0 aromatic rings.